The second-order valence-electron chi connectivity index (χ2n) is 7.10. The minimum Gasteiger partial charge on any atom is -0.497 e. The number of hydrogen-bond donors (Lipinski definition) is 1. The van der Waals surface area contributed by atoms with Gasteiger partial charge in [-0.05, 0) is 55.7 Å². The van der Waals surface area contributed by atoms with Gasteiger partial charge < -0.3 is 15.2 Å². The van der Waals surface area contributed by atoms with Gasteiger partial charge in [0.15, 0.2) is 0 Å². The number of rotatable bonds is 2. The highest BCUT2D eigenvalue weighted by molar-refractivity contribution is 5.44. The average molecular weight is 289 g/mol. The molecule has 21 heavy (non-hydrogen) atoms. The molecule has 3 nitrogen and oxygen atoms in total. The molecular formula is C18H27NO2. The molecule has 116 valence electrons. The Bertz CT molecular complexity index is 514. The van der Waals surface area contributed by atoms with Crippen molar-refractivity contribution in [1.29, 1.82) is 0 Å². The summed E-state index contributed by atoms with van der Waals surface area (Å²) in [5, 5.41) is 0. The fourth-order valence-electron chi connectivity index (χ4n) is 4.04. The van der Waals surface area contributed by atoms with E-state index in [4.69, 9.17) is 15.2 Å². The van der Waals surface area contributed by atoms with Crippen molar-refractivity contribution in [1.82, 2.24) is 0 Å². The van der Waals surface area contributed by atoms with E-state index in [0.717, 1.165) is 48.2 Å². The van der Waals surface area contributed by atoms with Crippen LogP contribution in [-0.4, -0.2) is 12.7 Å². The van der Waals surface area contributed by atoms with E-state index in [-0.39, 0.29) is 11.6 Å². The van der Waals surface area contributed by atoms with Crippen molar-refractivity contribution in [2.75, 3.05) is 7.11 Å². The molecule has 0 aromatic heterocycles. The Morgan fingerprint density at radius 1 is 1.33 bits per heavy atom. The second-order valence-corrected chi connectivity index (χ2v) is 7.10. The summed E-state index contributed by atoms with van der Waals surface area (Å²) in [6.07, 6.45) is 5.78. The van der Waals surface area contributed by atoms with Crippen LogP contribution in [0.1, 0.15) is 57.6 Å². The predicted octanol–water partition coefficient (Wildman–Crippen LogP) is 4.06. The van der Waals surface area contributed by atoms with Crippen LogP contribution in [-0.2, 0) is 0 Å². The van der Waals surface area contributed by atoms with Crippen LogP contribution in [0.5, 0.6) is 11.5 Å². The monoisotopic (exact) mass is 289 g/mol. The summed E-state index contributed by atoms with van der Waals surface area (Å²) in [5.74, 6) is 3.29. The lowest BCUT2D eigenvalue weighted by molar-refractivity contribution is -0.0249. The van der Waals surface area contributed by atoms with Gasteiger partial charge in [-0.15, -0.1) is 0 Å². The maximum Gasteiger partial charge on any atom is 0.125 e. The van der Waals surface area contributed by atoms with Gasteiger partial charge >= 0.3 is 0 Å². The first-order valence-electron chi connectivity index (χ1n) is 8.15. The Labute approximate surface area is 127 Å². The van der Waals surface area contributed by atoms with Crippen molar-refractivity contribution in [3.8, 4) is 11.5 Å². The summed E-state index contributed by atoms with van der Waals surface area (Å²) < 4.78 is 11.8. The molecule has 3 atom stereocenters. The van der Waals surface area contributed by atoms with Crippen LogP contribution in [0.15, 0.2) is 18.2 Å². The molecule has 0 saturated heterocycles. The molecule has 0 radical (unpaired) electrons. The Morgan fingerprint density at radius 2 is 2.14 bits per heavy atom. The fourth-order valence-corrected chi connectivity index (χ4v) is 4.04. The van der Waals surface area contributed by atoms with Gasteiger partial charge in [-0.25, -0.2) is 0 Å². The largest absolute Gasteiger partial charge is 0.497 e. The lowest BCUT2D eigenvalue weighted by Gasteiger charge is -2.47. The van der Waals surface area contributed by atoms with Gasteiger partial charge in [-0.1, -0.05) is 13.8 Å². The molecule has 1 aromatic rings. The third-order valence-electron chi connectivity index (χ3n) is 5.32. The van der Waals surface area contributed by atoms with Gasteiger partial charge in [-0.3, -0.25) is 0 Å². The van der Waals surface area contributed by atoms with Crippen LogP contribution in [0.2, 0.25) is 0 Å². The molecule has 1 aliphatic heterocycles. The first-order chi connectivity index (χ1) is 10.0. The lowest BCUT2D eigenvalue weighted by Crippen LogP contribution is -2.47. The van der Waals surface area contributed by atoms with Crippen molar-refractivity contribution < 1.29 is 9.47 Å². The van der Waals surface area contributed by atoms with Gasteiger partial charge in [-0.2, -0.15) is 0 Å². The Balaban J connectivity index is 1.87. The Morgan fingerprint density at radius 3 is 2.86 bits per heavy atom. The zero-order valence-electron chi connectivity index (χ0n) is 13.4. The Kier molecular flexibility index (Phi) is 3.87. The summed E-state index contributed by atoms with van der Waals surface area (Å²) in [5.41, 5.74) is 7.50. The number of ether oxygens (including phenoxy) is 2. The molecule has 0 bridgehead atoms. The minimum absolute atomic E-state index is 0.0474. The zero-order chi connectivity index (χ0) is 15.0. The van der Waals surface area contributed by atoms with E-state index in [9.17, 15) is 0 Å². The molecule has 1 heterocycles. The van der Waals surface area contributed by atoms with Gasteiger partial charge in [0.05, 0.1) is 7.11 Å². The van der Waals surface area contributed by atoms with E-state index in [1.54, 1.807) is 7.11 Å². The average Bonchev–Trinajstić information content (AvgIpc) is 2.47. The number of methoxy groups -OCH3 is 1. The van der Waals surface area contributed by atoms with Crippen LogP contribution in [0.3, 0.4) is 0 Å². The van der Waals surface area contributed by atoms with Crippen molar-refractivity contribution in [3.05, 3.63) is 23.8 Å². The van der Waals surface area contributed by atoms with Crippen molar-refractivity contribution in [2.24, 2.45) is 17.6 Å². The number of fused-ring (bicyclic) bond motifs is 1. The molecule has 1 aliphatic carbocycles. The SMILES string of the molecule is COc1ccc2c(c1)[C@@H](N)CC1(CCCC(C(C)C)C1)O2. The summed E-state index contributed by atoms with van der Waals surface area (Å²) >= 11 is 0. The molecule has 3 heteroatoms. The molecule has 1 spiro atoms. The maximum atomic E-state index is 6.48. The second kappa shape index (κ2) is 5.53. The highest BCUT2D eigenvalue weighted by Crippen LogP contribution is 2.48. The van der Waals surface area contributed by atoms with E-state index in [2.05, 4.69) is 13.8 Å². The van der Waals surface area contributed by atoms with Crippen LogP contribution >= 0.6 is 0 Å². The summed E-state index contributed by atoms with van der Waals surface area (Å²) in [6.45, 7) is 4.65. The molecule has 1 fully saturated rings. The van der Waals surface area contributed by atoms with E-state index in [0.29, 0.717) is 0 Å². The quantitative estimate of drug-likeness (QED) is 0.893. The van der Waals surface area contributed by atoms with Gasteiger partial charge in [0.25, 0.3) is 0 Å². The van der Waals surface area contributed by atoms with E-state index in [1.807, 2.05) is 18.2 Å². The summed E-state index contributed by atoms with van der Waals surface area (Å²) in [7, 11) is 1.69. The topological polar surface area (TPSA) is 44.5 Å². The molecule has 2 N–H and O–H groups in total. The van der Waals surface area contributed by atoms with E-state index >= 15 is 0 Å². The molecule has 2 unspecified atom stereocenters. The molecular weight excluding hydrogens is 262 g/mol. The van der Waals surface area contributed by atoms with Crippen LogP contribution in [0.25, 0.3) is 0 Å². The lowest BCUT2D eigenvalue weighted by atomic mass is 9.70. The molecule has 0 amide bonds. The normalized spacial score (nSPS) is 31.9. The molecule has 1 saturated carbocycles. The van der Waals surface area contributed by atoms with Crippen LogP contribution < -0.4 is 15.2 Å². The smallest absolute Gasteiger partial charge is 0.125 e. The highest BCUT2D eigenvalue weighted by atomic mass is 16.5. The Hall–Kier alpha value is -1.22. The van der Waals surface area contributed by atoms with Crippen molar-refractivity contribution in [2.45, 2.75) is 57.6 Å². The first kappa shape index (κ1) is 14.7. The van der Waals surface area contributed by atoms with Gasteiger partial charge in [0.1, 0.15) is 17.1 Å². The number of nitrogens with two attached hydrogens (primary N) is 1. The minimum atomic E-state index is -0.0474. The first-order valence-corrected chi connectivity index (χ1v) is 8.15. The highest BCUT2D eigenvalue weighted by Gasteiger charge is 2.44. The van der Waals surface area contributed by atoms with Gasteiger partial charge in [0, 0.05) is 18.0 Å². The maximum absolute atomic E-state index is 6.48. The fraction of sp³-hybridized carbons (Fsp3) is 0.667. The summed E-state index contributed by atoms with van der Waals surface area (Å²) in [6, 6.07) is 6.06. The third kappa shape index (κ3) is 2.76. The molecule has 3 rings (SSSR count). The van der Waals surface area contributed by atoms with E-state index < -0.39 is 0 Å². The van der Waals surface area contributed by atoms with Gasteiger partial charge in [0.2, 0.25) is 0 Å². The standard InChI is InChI=1S/C18H27NO2/c1-12(2)13-5-4-8-18(10-13)11-16(19)15-9-14(20-3)6-7-17(15)21-18/h6-7,9,12-13,16H,4-5,8,10-11,19H2,1-3H3/t13?,16-,18?/m0/s1. The van der Waals surface area contributed by atoms with Crippen LogP contribution in [0.4, 0.5) is 0 Å². The third-order valence-corrected chi connectivity index (χ3v) is 5.32. The van der Waals surface area contributed by atoms with Crippen molar-refractivity contribution >= 4 is 0 Å². The number of benzene rings is 1. The molecule has 2 aliphatic rings. The zero-order valence-corrected chi connectivity index (χ0v) is 13.4. The van der Waals surface area contributed by atoms with Crippen LogP contribution in [0, 0.1) is 11.8 Å². The molecule has 1 aromatic carbocycles. The predicted molar refractivity (Wildman–Crippen MR) is 84.7 cm³/mol. The van der Waals surface area contributed by atoms with E-state index in [1.165, 1.54) is 12.8 Å². The van der Waals surface area contributed by atoms with Crippen molar-refractivity contribution in [3.63, 3.8) is 0 Å². The summed E-state index contributed by atoms with van der Waals surface area (Å²) in [4.78, 5) is 0. The number of hydrogen-bond acceptors (Lipinski definition) is 3.